The molecule has 0 saturated carbocycles. The highest BCUT2D eigenvalue weighted by Gasteiger charge is 2.29. The van der Waals surface area contributed by atoms with Gasteiger partial charge in [-0.3, -0.25) is 4.79 Å². The Bertz CT molecular complexity index is 1550. The van der Waals surface area contributed by atoms with Gasteiger partial charge in [-0.25, -0.2) is 9.97 Å². The molecule has 12 heteroatoms. The van der Waals surface area contributed by atoms with Gasteiger partial charge in [0.2, 0.25) is 11.9 Å². The molecule has 2 heterocycles. The van der Waals surface area contributed by atoms with Gasteiger partial charge in [-0.05, 0) is 38.4 Å². The Labute approximate surface area is 236 Å². The van der Waals surface area contributed by atoms with E-state index in [0.29, 0.717) is 45.8 Å². The van der Waals surface area contributed by atoms with Gasteiger partial charge in [0, 0.05) is 55.1 Å². The van der Waals surface area contributed by atoms with E-state index in [9.17, 15) is 18.0 Å². The lowest BCUT2D eigenvalue weighted by Gasteiger charge is -2.26. The molecule has 1 amide bonds. The average molecular weight is 568 g/mol. The number of anilines is 4. The third kappa shape index (κ3) is 7.14. The SMILES string of the molecule is C=CC(=O)Nc1cc(Nc2nccc(-c3cn(CC(F)(F)F)c4ccccc34)n2)c(OC)cc1N(C)CCN(C)C. The van der Waals surface area contributed by atoms with Crippen molar-refractivity contribution in [1.29, 1.82) is 0 Å². The van der Waals surface area contributed by atoms with E-state index in [0.717, 1.165) is 12.2 Å². The first-order valence-electron chi connectivity index (χ1n) is 12.8. The molecular weight excluding hydrogens is 535 g/mol. The summed E-state index contributed by atoms with van der Waals surface area (Å²) in [6, 6.07) is 12.0. The van der Waals surface area contributed by atoms with Crippen LogP contribution in [0.4, 0.5) is 36.2 Å². The molecule has 0 spiro atoms. The number of nitrogens with one attached hydrogen (secondary N) is 2. The van der Waals surface area contributed by atoms with Crippen molar-refractivity contribution in [3.63, 3.8) is 0 Å². The summed E-state index contributed by atoms with van der Waals surface area (Å²) in [6.45, 7) is 3.90. The standard InChI is InChI=1S/C29H32F3N7O2/c1-6-27(40)34-22-15-23(26(41-5)16-25(22)38(4)14-13-37(2)3)36-28-33-12-11-21(35-28)20-17-39(18-29(30,31)32)24-10-8-7-9-19(20)24/h6-12,15-17H,1,13-14,18H2,2-5H3,(H,34,40)(H,33,35,36). The molecular formula is C29H32F3N7O2. The number of ether oxygens (including phenoxy) is 1. The van der Waals surface area contributed by atoms with Crippen molar-refractivity contribution in [2.24, 2.45) is 0 Å². The zero-order chi connectivity index (χ0) is 29.7. The number of amides is 1. The summed E-state index contributed by atoms with van der Waals surface area (Å²) in [4.78, 5) is 25.2. The summed E-state index contributed by atoms with van der Waals surface area (Å²) in [5, 5.41) is 6.62. The third-order valence-corrected chi connectivity index (χ3v) is 6.37. The van der Waals surface area contributed by atoms with Crippen molar-refractivity contribution in [1.82, 2.24) is 19.4 Å². The highest BCUT2D eigenvalue weighted by Crippen LogP contribution is 2.38. The maximum Gasteiger partial charge on any atom is 0.406 e. The maximum absolute atomic E-state index is 13.2. The van der Waals surface area contributed by atoms with E-state index in [1.807, 2.05) is 26.0 Å². The van der Waals surface area contributed by atoms with Crippen LogP contribution in [0, 0.1) is 0 Å². The van der Waals surface area contributed by atoms with Crippen LogP contribution in [0.5, 0.6) is 5.75 Å². The van der Waals surface area contributed by atoms with Gasteiger partial charge in [0.15, 0.2) is 0 Å². The molecule has 0 unspecified atom stereocenters. The van der Waals surface area contributed by atoms with Crippen LogP contribution in [0.1, 0.15) is 0 Å². The number of carbonyl (C=O) groups excluding carboxylic acids is 1. The Kier molecular flexibility index (Phi) is 8.82. The zero-order valence-corrected chi connectivity index (χ0v) is 23.3. The molecule has 2 N–H and O–H groups in total. The van der Waals surface area contributed by atoms with Crippen molar-refractivity contribution >= 4 is 39.8 Å². The minimum absolute atomic E-state index is 0.197. The largest absolute Gasteiger partial charge is 0.494 e. The van der Waals surface area contributed by atoms with Crippen molar-refractivity contribution in [3.05, 3.63) is 67.5 Å². The number of alkyl halides is 3. The van der Waals surface area contributed by atoms with Crippen molar-refractivity contribution in [2.75, 3.05) is 56.9 Å². The lowest BCUT2D eigenvalue weighted by Crippen LogP contribution is -2.29. The molecule has 0 aliphatic rings. The van der Waals surface area contributed by atoms with E-state index >= 15 is 0 Å². The first-order valence-corrected chi connectivity index (χ1v) is 12.8. The summed E-state index contributed by atoms with van der Waals surface area (Å²) in [7, 11) is 7.39. The molecule has 2 aromatic heterocycles. The Morgan fingerprint density at radius 1 is 1.12 bits per heavy atom. The van der Waals surface area contributed by atoms with Gasteiger partial charge in [-0.15, -0.1) is 0 Å². The molecule has 0 fully saturated rings. The van der Waals surface area contributed by atoms with Gasteiger partial charge < -0.3 is 29.7 Å². The van der Waals surface area contributed by atoms with Crippen molar-refractivity contribution in [3.8, 4) is 17.0 Å². The number of benzene rings is 2. The minimum Gasteiger partial charge on any atom is -0.494 e. The molecule has 2 aromatic carbocycles. The molecule has 0 saturated heterocycles. The van der Waals surface area contributed by atoms with Crippen LogP contribution in [0.3, 0.4) is 0 Å². The zero-order valence-electron chi connectivity index (χ0n) is 23.3. The van der Waals surface area contributed by atoms with E-state index < -0.39 is 12.7 Å². The number of carbonyl (C=O) groups is 1. The van der Waals surface area contributed by atoms with Crippen molar-refractivity contribution in [2.45, 2.75) is 12.7 Å². The van der Waals surface area contributed by atoms with E-state index in [1.54, 1.807) is 42.5 Å². The summed E-state index contributed by atoms with van der Waals surface area (Å²) in [5.74, 6) is 0.295. The van der Waals surface area contributed by atoms with E-state index in [-0.39, 0.29) is 11.9 Å². The molecule has 41 heavy (non-hydrogen) atoms. The smallest absolute Gasteiger partial charge is 0.406 e. The molecule has 0 aliphatic heterocycles. The van der Waals surface area contributed by atoms with Crippen LogP contribution in [-0.2, 0) is 11.3 Å². The van der Waals surface area contributed by atoms with Gasteiger partial charge >= 0.3 is 6.18 Å². The summed E-state index contributed by atoms with van der Waals surface area (Å²) in [6.07, 6.45) is -0.217. The number of fused-ring (bicyclic) bond motifs is 1. The predicted molar refractivity (Wildman–Crippen MR) is 156 cm³/mol. The van der Waals surface area contributed by atoms with E-state index in [2.05, 4.69) is 32.1 Å². The number of para-hydroxylation sites is 1. The lowest BCUT2D eigenvalue weighted by molar-refractivity contribution is -0.139. The number of likely N-dealkylation sites (N-methyl/N-ethyl adjacent to an activating group) is 2. The first kappa shape index (κ1) is 29.4. The molecule has 0 bridgehead atoms. The minimum atomic E-state index is -4.38. The average Bonchev–Trinajstić information content (AvgIpc) is 3.29. The third-order valence-electron chi connectivity index (χ3n) is 6.37. The van der Waals surface area contributed by atoms with Crippen molar-refractivity contribution < 1.29 is 22.7 Å². The highest BCUT2D eigenvalue weighted by atomic mass is 19.4. The number of nitrogens with zero attached hydrogens (tertiary/aromatic N) is 5. The Balaban J connectivity index is 1.72. The first-order chi connectivity index (χ1) is 19.5. The lowest BCUT2D eigenvalue weighted by atomic mass is 10.1. The van der Waals surface area contributed by atoms with E-state index in [1.165, 1.54) is 30.1 Å². The number of methoxy groups -OCH3 is 1. The number of hydrogen-bond acceptors (Lipinski definition) is 7. The Morgan fingerprint density at radius 2 is 1.88 bits per heavy atom. The molecule has 9 nitrogen and oxygen atoms in total. The number of rotatable bonds is 11. The fourth-order valence-electron chi connectivity index (χ4n) is 4.37. The van der Waals surface area contributed by atoms with Gasteiger partial charge in [0.05, 0.1) is 29.9 Å². The predicted octanol–water partition coefficient (Wildman–Crippen LogP) is 5.54. The molecule has 0 aliphatic carbocycles. The van der Waals surface area contributed by atoms with Crippen LogP contribution in [0.15, 0.2) is 67.5 Å². The fourth-order valence-corrected chi connectivity index (χ4v) is 4.37. The number of hydrogen-bond donors (Lipinski definition) is 2. The summed E-state index contributed by atoms with van der Waals surface area (Å²) in [5.41, 5.74) is 3.17. The van der Waals surface area contributed by atoms with E-state index in [4.69, 9.17) is 4.74 Å². The molecule has 4 rings (SSSR count). The van der Waals surface area contributed by atoms with Crippen LogP contribution in [-0.4, -0.2) is 72.9 Å². The number of aromatic nitrogens is 3. The van der Waals surface area contributed by atoms with Crippen LogP contribution < -0.4 is 20.3 Å². The second kappa shape index (κ2) is 12.3. The van der Waals surface area contributed by atoms with Gasteiger partial charge in [-0.1, -0.05) is 24.8 Å². The maximum atomic E-state index is 13.2. The highest BCUT2D eigenvalue weighted by molar-refractivity contribution is 6.02. The fraction of sp³-hybridized carbons (Fsp3) is 0.276. The normalized spacial score (nSPS) is 11.5. The number of halogens is 3. The van der Waals surface area contributed by atoms with Crippen LogP contribution in [0.25, 0.3) is 22.2 Å². The van der Waals surface area contributed by atoms with Gasteiger partial charge in [0.1, 0.15) is 12.3 Å². The molecule has 0 atom stereocenters. The van der Waals surface area contributed by atoms with Gasteiger partial charge in [-0.2, -0.15) is 13.2 Å². The quantitative estimate of drug-likeness (QED) is 0.230. The molecule has 0 radical (unpaired) electrons. The Morgan fingerprint density at radius 3 is 2.56 bits per heavy atom. The second-order valence-corrected chi connectivity index (χ2v) is 9.68. The summed E-state index contributed by atoms with van der Waals surface area (Å²) < 4.78 is 46.5. The second-order valence-electron chi connectivity index (χ2n) is 9.68. The molecule has 216 valence electrons. The van der Waals surface area contributed by atoms with Gasteiger partial charge in [0.25, 0.3) is 0 Å². The molecule has 4 aromatic rings. The van der Waals surface area contributed by atoms with Crippen LogP contribution in [0.2, 0.25) is 0 Å². The topological polar surface area (TPSA) is 87.5 Å². The Hall–Kier alpha value is -4.58. The van der Waals surface area contributed by atoms with Crippen LogP contribution >= 0.6 is 0 Å². The monoisotopic (exact) mass is 567 g/mol. The summed E-state index contributed by atoms with van der Waals surface area (Å²) >= 11 is 0.